The largest absolute Gasteiger partial charge is 0.296 e. The number of nitrogens with zero attached hydrogens (tertiary/aromatic N) is 3. The standard InChI is InChI=1S/C14H8Cl2N4OS/c15-9-5-8(6-10(16)7-9)12(21)18-14-20-19-13(22-14)11-3-1-2-4-17-11/h1-7H,(H,18,20,21). The highest BCUT2D eigenvalue weighted by Gasteiger charge is 2.12. The molecule has 1 N–H and O–H groups in total. The molecule has 0 unspecified atom stereocenters. The molecular formula is C14H8Cl2N4OS. The molecule has 0 aliphatic heterocycles. The van der Waals surface area contributed by atoms with E-state index in [1.165, 1.54) is 23.5 Å². The van der Waals surface area contributed by atoms with Gasteiger partial charge in [0.25, 0.3) is 5.91 Å². The average Bonchev–Trinajstić information content (AvgIpc) is 2.95. The Morgan fingerprint density at radius 3 is 2.55 bits per heavy atom. The van der Waals surface area contributed by atoms with Crippen molar-refractivity contribution >= 4 is 45.6 Å². The fourth-order valence-electron chi connectivity index (χ4n) is 1.72. The number of anilines is 1. The van der Waals surface area contributed by atoms with Crippen molar-refractivity contribution in [1.29, 1.82) is 0 Å². The minimum Gasteiger partial charge on any atom is -0.296 e. The van der Waals surface area contributed by atoms with Gasteiger partial charge in [0, 0.05) is 21.8 Å². The Balaban J connectivity index is 1.79. The van der Waals surface area contributed by atoms with Gasteiger partial charge >= 0.3 is 0 Å². The van der Waals surface area contributed by atoms with Gasteiger partial charge in [0.1, 0.15) is 5.69 Å². The highest BCUT2D eigenvalue weighted by atomic mass is 35.5. The number of amides is 1. The number of halogens is 2. The summed E-state index contributed by atoms with van der Waals surface area (Å²) in [6.45, 7) is 0. The second-order valence-corrected chi connectivity index (χ2v) is 6.09. The first-order chi connectivity index (χ1) is 10.6. The average molecular weight is 351 g/mol. The molecule has 1 amide bonds. The SMILES string of the molecule is O=C(Nc1nnc(-c2ccccn2)s1)c1cc(Cl)cc(Cl)c1. The lowest BCUT2D eigenvalue weighted by molar-refractivity contribution is 0.102. The highest BCUT2D eigenvalue weighted by molar-refractivity contribution is 7.18. The molecule has 3 rings (SSSR count). The number of aromatic nitrogens is 3. The number of hydrogen-bond acceptors (Lipinski definition) is 5. The maximum absolute atomic E-state index is 12.2. The number of carbonyl (C=O) groups excluding carboxylic acids is 1. The Labute approximate surface area is 139 Å². The van der Waals surface area contributed by atoms with E-state index in [9.17, 15) is 4.79 Å². The number of carbonyl (C=O) groups is 1. The number of pyridine rings is 1. The van der Waals surface area contributed by atoms with Crippen LogP contribution in [0, 0.1) is 0 Å². The summed E-state index contributed by atoms with van der Waals surface area (Å²) in [5, 5.41) is 12.4. The first-order valence-electron chi connectivity index (χ1n) is 6.14. The van der Waals surface area contributed by atoms with E-state index in [1.807, 2.05) is 18.2 Å². The smallest absolute Gasteiger partial charge is 0.257 e. The molecule has 0 atom stereocenters. The Morgan fingerprint density at radius 2 is 1.86 bits per heavy atom. The molecule has 0 spiro atoms. The molecule has 2 aromatic heterocycles. The summed E-state index contributed by atoms with van der Waals surface area (Å²) < 4.78 is 0. The van der Waals surface area contributed by atoms with Gasteiger partial charge in [-0.2, -0.15) is 0 Å². The molecule has 1 aromatic carbocycles. The van der Waals surface area contributed by atoms with Crippen LogP contribution in [-0.2, 0) is 0 Å². The van der Waals surface area contributed by atoms with Crippen LogP contribution in [0.5, 0.6) is 0 Å². The van der Waals surface area contributed by atoms with E-state index >= 15 is 0 Å². The van der Waals surface area contributed by atoms with Crippen LogP contribution in [0.25, 0.3) is 10.7 Å². The van der Waals surface area contributed by atoms with Crippen molar-refractivity contribution in [3.05, 3.63) is 58.2 Å². The molecule has 5 nitrogen and oxygen atoms in total. The summed E-state index contributed by atoms with van der Waals surface area (Å²) in [7, 11) is 0. The first-order valence-corrected chi connectivity index (χ1v) is 7.71. The Hall–Kier alpha value is -2.02. The Morgan fingerprint density at radius 1 is 1.09 bits per heavy atom. The van der Waals surface area contributed by atoms with E-state index in [1.54, 1.807) is 12.3 Å². The van der Waals surface area contributed by atoms with Gasteiger partial charge in [-0.3, -0.25) is 15.1 Å². The van der Waals surface area contributed by atoms with Crippen molar-refractivity contribution in [1.82, 2.24) is 15.2 Å². The molecular weight excluding hydrogens is 343 g/mol. The zero-order valence-corrected chi connectivity index (χ0v) is 13.3. The second-order valence-electron chi connectivity index (χ2n) is 4.24. The van der Waals surface area contributed by atoms with Gasteiger partial charge in [0.05, 0.1) is 0 Å². The summed E-state index contributed by atoms with van der Waals surface area (Å²) in [4.78, 5) is 16.3. The number of rotatable bonds is 3. The minimum absolute atomic E-state index is 0.354. The van der Waals surface area contributed by atoms with E-state index in [-0.39, 0.29) is 5.91 Å². The van der Waals surface area contributed by atoms with Crippen LogP contribution in [0.2, 0.25) is 10.0 Å². The van der Waals surface area contributed by atoms with Gasteiger partial charge in [-0.15, -0.1) is 10.2 Å². The molecule has 110 valence electrons. The van der Waals surface area contributed by atoms with E-state index in [0.717, 1.165) is 0 Å². The predicted molar refractivity (Wildman–Crippen MR) is 87.6 cm³/mol. The normalized spacial score (nSPS) is 10.5. The molecule has 22 heavy (non-hydrogen) atoms. The molecule has 0 aliphatic carbocycles. The van der Waals surface area contributed by atoms with Crippen LogP contribution in [0.3, 0.4) is 0 Å². The lowest BCUT2D eigenvalue weighted by Crippen LogP contribution is -2.11. The summed E-state index contributed by atoms with van der Waals surface area (Å²) in [6, 6.07) is 10.1. The summed E-state index contributed by atoms with van der Waals surface area (Å²) in [5.41, 5.74) is 1.05. The molecule has 3 aromatic rings. The maximum atomic E-state index is 12.2. The number of hydrogen-bond donors (Lipinski definition) is 1. The predicted octanol–water partition coefficient (Wildman–Crippen LogP) is 4.16. The third kappa shape index (κ3) is 3.41. The molecule has 0 saturated heterocycles. The summed E-state index contributed by atoms with van der Waals surface area (Å²) in [5.74, 6) is -0.354. The van der Waals surface area contributed by atoms with Gasteiger partial charge in [0.2, 0.25) is 5.13 Å². The monoisotopic (exact) mass is 350 g/mol. The lowest BCUT2D eigenvalue weighted by Gasteiger charge is -2.02. The van der Waals surface area contributed by atoms with Crippen LogP contribution >= 0.6 is 34.5 Å². The molecule has 2 heterocycles. The molecule has 0 fully saturated rings. The van der Waals surface area contributed by atoms with Crippen molar-refractivity contribution < 1.29 is 4.79 Å². The zero-order valence-electron chi connectivity index (χ0n) is 11.0. The second kappa shape index (κ2) is 6.39. The van der Waals surface area contributed by atoms with Crippen molar-refractivity contribution in [2.24, 2.45) is 0 Å². The van der Waals surface area contributed by atoms with Gasteiger partial charge in [-0.1, -0.05) is 40.6 Å². The topological polar surface area (TPSA) is 67.8 Å². The molecule has 0 radical (unpaired) electrons. The van der Waals surface area contributed by atoms with Crippen LogP contribution in [0.15, 0.2) is 42.6 Å². The molecule has 0 bridgehead atoms. The molecule has 0 saturated carbocycles. The van der Waals surface area contributed by atoms with Crippen molar-refractivity contribution in [3.63, 3.8) is 0 Å². The maximum Gasteiger partial charge on any atom is 0.257 e. The van der Waals surface area contributed by atoms with Gasteiger partial charge in [-0.05, 0) is 30.3 Å². The summed E-state index contributed by atoms with van der Waals surface area (Å²) >= 11 is 13.0. The van der Waals surface area contributed by atoms with Crippen LogP contribution < -0.4 is 5.32 Å². The van der Waals surface area contributed by atoms with Crippen LogP contribution in [0.1, 0.15) is 10.4 Å². The van der Waals surface area contributed by atoms with Crippen LogP contribution in [-0.4, -0.2) is 21.1 Å². The Kier molecular flexibility index (Phi) is 4.33. The van der Waals surface area contributed by atoms with E-state index in [2.05, 4.69) is 20.5 Å². The number of nitrogens with one attached hydrogen (secondary N) is 1. The van der Waals surface area contributed by atoms with Gasteiger partial charge in [-0.25, -0.2) is 0 Å². The number of benzene rings is 1. The minimum atomic E-state index is -0.354. The fraction of sp³-hybridized carbons (Fsp3) is 0. The Bertz CT molecular complexity index is 802. The van der Waals surface area contributed by atoms with E-state index in [0.29, 0.717) is 31.4 Å². The third-order valence-electron chi connectivity index (χ3n) is 2.65. The first kappa shape index (κ1) is 14.9. The van der Waals surface area contributed by atoms with Crippen molar-refractivity contribution in [2.45, 2.75) is 0 Å². The quantitative estimate of drug-likeness (QED) is 0.769. The van der Waals surface area contributed by atoms with Crippen molar-refractivity contribution in [3.8, 4) is 10.7 Å². The van der Waals surface area contributed by atoms with Gasteiger partial charge < -0.3 is 0 Å². The highest BCUT2D eigenvalue weighted by Crippen LogP contribution is 2.25. The zero-order chi connectivity index (χ0) is 15.5. The van der Waals surface area contributed by atoms with Crippen molar-refractivity contribution in [2.75, 3.05) is 5.32 Å². The fourth-order valence-corrected chi connectivity index (χ4v) is 2.96. The molecule has 0 aliphatic rings. The third-order valence-corrected chi connectivity index (χ3v) is 3.95. The molecule has 8 heteroatoms. The van der Waals surface area contributed by atoms with E-state index in [4.69, 9.17) is 23.2 Å². The van der Waals surface area contributed by atoms with Crippen LogP contribution in [0.4, 0.5) is 5.13 Å². The lowest BCUT2D eigenvalue weighted by atomic mass is 10.2. The van der Waals surface area contributed by atoms with E-state index < -0.39 is 0 Å². The van der Waals surface area contributed by atoms with Gasteiger partial charge in [0.15, 0.2) is 5.01 Å². The summed E-state index contributed by atoms with van der Waals surface area (Å²) in [6.07, 6.45) is 1.67.